The van der Waals surface area contributed by atoms with Crippen LogP contribution >= 0.6 is 23.1 Å². The third kappa shape index (κ3) is 3.65. The van der Waals surface area contributed by atoms with Crippen molar-refractivity contribution in [2.75, 3.05) is 5.75 Å². The van der Waals surface area contributed by atoms with Crippen LogP contribution in [0.3, 0.4) is 0 Å². The van der Waals surface area contributed by atoms with Crippen LogP contribution in [0.5, 0.6) is 0 Å². The molecular weight excluding hydrogens is 388 g/mol. The van der Waals surface area contributed by atoms with Gasteiger partial charge in [0.1, 0.15) is 35.7 Å². The van der Waals surface area contributed by atoms with Gasteiger partial charge in [0.15, 0.2) is 0 Å². The van der Waals surface area contributed by atoms with Gasteiger partial charge in [-0.3, -0.25) is 4.79 Å². The van der Waals surface area contributed by atoms with E-state index in [1.165, 1.54) is 41.2 Å². The van der Waals surface area contributed by atoms with Crippen LogP contribution in [0.4, 0.5) is 0 Å². The normalized spacial score (nSPS) is 19.4. The Morgan fingerprint density at radius 3 is 2.93 bits per heavy atom. The largest absolute Gasteiger partial charge is 0.466 e. The van der Waals surface area contributed by atoms with Gasteiger partial charge in [-0.1, -0.05) is 6.07 Å². The van der Waals surface area contributed by atoms with Crippen molar-refractivity contribution in [1.29, 1.82) is 0 Å². The molecule has 0 unspecified atom stereocenters. The Balaban J connectivity index is 1.41. The zero-order valence-electron chi connectivity index (χ0n) is 14.4. The SMILES string of the molecule is CC(=O)N1[C@H](C(=O)OCc2coc(-c3cccs3)n2)CS[C@H]1c1ccco1. The van der Waals surface area contributed by atoms with E-state index in [2.05, 4.69) is 4.98 Å². The predicted octanol–water partition coefficient (Wildman–Crippen LogP) is 3.70. The fourth-order valence-electron chi connectivity index (χ4n) is 2.85. The minimum atomic E-state index is -0.661. The number of amides is 1. The Labute approximate surface area is 163 Å². The fraction of sp³-hybridized carbons (Fsp3) is 0.278. The molecule has 1 aliphatic heterocycles. The van der Waals surface area contributed by atoms with Crippen molar-refractivity contribution in [1.82, 2.24) is 9.88 Å². The maximum atomic E-state index is 12.6. The molecule has 4 heterocycles. The molecule has 1 amide bonds. The number of hydrogen-bond donors (Lipinski definition) is 0. The van der Waals surface area contributed by atoms with Gasteiger partial charge in [-0.15, -0.1) is 23.1 Å². The first-order chi connectivity index (χ1) is 13.1. The molecule has 0 aliphatic carbocycles. The van der Waals surface area contributed by atoms with Crippen LogP contribution in [-0.2, 0) is 20.9 Å². The first-order valence-electron chi connectivity index (χ1n) is 8.22. The van der Waals surface area contributed by atoms with Gasteiger partial charge in [-0.2, -0.15) is 0 Å². The van der Waals surface area contributed by atoms with Crippen molar-refractivity contribution in [2.24, 2.45) is 0 Å². The van der Waals surface area contributed by atoms with Crippen LogP contribution in [0.1, 0.15) is 23.8 Å². The monoisotopic (exact) mass is 404 g/mol. The molecule has 140 valence electrons. The quantitative estimate of drug-likeness (QED) is 0.599. The number of esters is 1. The number of thiophene rings is 1. The second-order valence-corrected chi connectivity index (χ2v) is 7.93. The summed E-state index contributed by atoms with van der Waals surface area (Å²) in [5, 5.41) is 1.61. The molecule has 7 nitrogen and oxygen atoms in total. The molecule has 1 saturated heterocycles. The van der Waals surface area contributed by atoms with Crippen molar-refractivity contribution in [3.05, 3.63) is 53.6 Å². The third-order valence-corrected chi connectivity index (χ3v) is 6.21. The zero-order valence-corrected chi connectivity index (χ0v) is 16.0. The number of hydrogen-bond acceptors (Lipinski definition) is 8. The summed E-state index contributed by atoms with van der Waals surface area (Å²) in [5.74, 6) is 0.916. The molecule has 0 saturated carbocycles. The van der Waals surface area contributed by atoms with Gasteiger partial charge in [0, 0.05) is 12.7 Å². The lowest BCUT2D eigenvalue weighted by molar-refractivity contribution is -0.154. The van der Waals surface area contributed by atoms with Crippen LogP contribution in [0.2, 0.25) is 0 Å². The first-order valence-corrected chi connectivity index (χ1v) is 10.1. The second kappa shape index (κ2) is 7.61. The topological polar surface area (TPSA) is 85.8 Å². The highest BCUT2D eigenvalue weighted by Crippen LogP contribution is 2.41. The number of carbonyl (C=O) groups is 2. The van der Waals surface area contributed by atoms with E-state index in [0.717, 1.165) is 4.88 Å². The van der Waals surface area contributed by atoms with E-state index in [-0.39, 0.29) is 17.9 Å². The smallest absolute Gasteiger partial charge is 0.330 e. The van der Waals surface area contributed by atoms with Gasteiger partial charge >= 0.3 is 5.97 Å². The summed E-state index contributed by atoms with van der Waals surface area (Å²) in [6.45, 7) is 1.43. The van der Waals surface area contributed by atoms with E-state index < -0.39 is 12.0 Å². The summed E-state index contributed by atoms with van der Waals surface area (Å²) >= 11 is 2.99. The van der Waals surface area contributed by atoms with Gasteiger partial charge in [-0.25, -0.2) is 9.78 Å². The molecule has 1 fully saturated rings. The molecule has 0 spiro atoms. The van der Waals surface area contributed by atoms with Crippen LogP contribution in [0, 0.1) is 0 Å². The summed E-state index contributed by atoms with van der Waals surface area (Å²) in [6.07, 6.45) is 3.02. The minimum Gasteiger partial charge on any atom is -0.466 e. The number of rotatable bonds is 5. The molecule has 0 aromatic carbocycles. The molecular formula is C18H16N2O5S2. The van der Waals surface area contributed by atoms with Crippen molar-refractivity contribution in [2.45, 2.75) is 24.9 Å². The standard InChI is InChI=1S/C18H16N2O5S2/c1-11(21)20-13(10-27-17(20)14-4-2-6-23-14)18(22)25-9-12-8-24-16(19-12)15-5-3-7-26-15/h2-8,13,17H,9-10H2,1H3/t13-,17-/m0/s1. The van der Waals surface area contributed by atoms with Crippen LogP contribution < -0.4 is 0 Å². The summed E-state index contributed by atoms with van der Waals surface area (Å²) < 4.78 is 16.2. The maximum Gasteiger partial charge on any atom is 0.330 e. The van der Waals surface area contributed by atoms with E-state index >= 15 is 0 Å². The van der Waals surface area contributed by atoms with E-state index in [0.29, 0.717) is 23.1 Å². The fourth-order valence-corrected chi connectivity index (χ4v) is 4.92. The average molecular weight is 404 g/mol. The number of thioether (sulfide) groups is 1. The number of furan rings is 1. The molecule has 9 heteroatoms. The highest BCUT2D eigenvalue weighted by atomic mass is 32.2. The van der Waals surface area contributed by atoms with Gasteiger partial charge in [0.2, 0.25) is 11.8 Å². The molecule has 2 atom stereocenters. The highest BCUT2D eigenvalue weighted by Gasteiger charge is 2.43. The summed E-state index contributed by atoms with van der Waals surface area (Å²) in [7, 11) is 0. The molecule has 4 rings (SSSR count). The Bertz CT molecular complexity index is 920. The summed E-state index contributed by atoms with van der Waals surface area (Å²) in [4.78, 5) is 31.4. The molecule has 27 heavy (non-hydrogen) atoms. The first kappa shape index (κ1) is 17.9. The van der Waals surface area contributed by atoms with Gasteiger partial charge in [-0.05, 0) is 23.6 Å². The van der Waals surface area contributed by atoms with Crippen molar-refractivity contribution in [3.63, 3.8) is 0 Å². The van der Waals surface area contributed by atoms with Crippen molar-refractivity contribution in [3.8, 4) is 10.8 Å². The Morgan fingerprint density at radius 2 is 2.22 bits per heavy atom. The van der Waals surface area contributed by atoms with E-state index in [4.69, 9.17) is 13.6 Å². The van der Waals surface area contributed by atoms with Crippen LogP contribution in [0.25, 0.3) is 10.8 Å². The number of oxazole rings is 1. The number of aromatic nitrogens is 1. The Kier molecular flexibility index (Phi) is 5.04. The molecule has 3 aromatic heterocycles. The molecule has 0 radical (unpaired) electrons. The minimum absolute atomic E-state index is 0.00790. The Hall–Kier alpha value is -2.52. The van der Waals surface area contributed by atoms with E-state index in [1.807, 2.05) is 17.5 Å². The number of ether oxygens (including phenoxy) is 1. The Morgan fingerprint density at radius 1 is 1.33 bits per heavy atom. The highest BCUT2D eigenvalue weighted by molar-refractivity contribution is 7.99. The van der Waals surface area contributed by atoms with E-state index in [9.17, 15) is 9.59 Å². The molecule has 0 bridgehead atoms. The van der Waals surface area contributed by atoms with Gasteiger partial charge in [0.05, 0.1) is 11.1 Å². The zero-order chi connectivity index (χ0) is 18.8. The van der Waals surface area contributed by atoms with E-state index in [1.54, 1.807) is 18.4 Å². The molecule has 0 N–H and O–H groups in total. The second-order valence-electron chi connectivity index (χ2n) is 5.87. The average Bonchev–Trinajstić information content (AvgIpc) is 3.45. The predicted molar refractivity (Wildman–Crippen MR) is 99.8 cm³/mol. The maximum absolute atomic E-state index is 12.6. The third-order valence-electron chi connectivity index (χ3n) is 4.07. The number of nitrogens with zero attached hydrogens (tertiary/aromatic N) is 2. The lowest BCUT2D eigenvalue weighted by Crippen LogP contribution is -2.42. The molecule has 3 aromatic rings. The van der Waals surface area contributed by atoms with Crippen molar-refractivity contribution >= 4 is 35.0 Å². The number of carbonyl (C=O) groups excluding carboxylic acids is 2. The van der Waals surface area contributed by atoms with Gasteiger partial charge in [0.25, 0.3) is 0 Å². The van der Waals surface area contributed by atoms with Crippen LogP contribution in [0.15, 0.2) is 51.0 Å². The van der Waals surface area contributed by atoms with Crippen molar-refractivity contribution < 1.29 is 23.2 Å². The van der Waals surface area contributed by atoms with Crippen LogP contribution in [-0.4, -0.2) is 33.6 Å². The lowest BCUT2D eigenvalue weighted by atomic mass is 10.2. The lowest BCUT2D eigenvalue weighted by Gasteiger charge is -2.25. The molecule has 1 aliphatic rings. The summed E-state index contributed by atoms with van der Waals surface area (Å²) in [5.41, 5.74) is 0.523. The summed E-state index contributed by atoms with van der Waals surface area (Å²) in [6, 6.07) is 6.71. The van der Waals surface area contributed by atoms with Gasteiger partial charge < -0.3 is 18.5 Å².